The number of nitrogens with zero attached hydrogens (tertiary/aromatic N) is 1. The molecule has 9 aromatic carbocycles. The molecule has 52 heavy (non-hydrogen) atoms. The molecule has 2 nitrogen and oxygen atoms in total. The lowest BCUT2D eigenvalue weighted by Crippen LogP contribution is -2.11. The Balaban J connectivity index is 1.14. The zero-order chi connectivity index (χ0) is 34.4. The minimum Gasteiger partial charge on any atom is -0.456 e. The van der Waals surface area contributed by atoms with E-state index in [1.807, 2.05) is 12.1 Å². The number of rotatable bonds is 6. The quantitative estimate of drug-likeness (QED) is 0.176. The molecule has 10 rings (SSSR count). The molecule has 0 radical (unpaired) electrons. The number of hydrogen-bond donors (Lipinski definition) is 0. The average molecular weight is 664 g/mol. The molecule has 244 valence electrons. The number of benzene rings is 9. The molecule has 0 aliphatic rings. The predicted molar refractivity (Wildman–Crippen MR) is 220 cm³/mol. The number of furan rings is 1. The van der Waals surface area contributed by atoms with E-state index < -0.39 is 0 Å². The van der Waals surface area contributed by atoms with Gasteiger partial charge in [-0.1, -0.05) is 146 Å². The van der Waals surface area contributed by atoms with E-state index in [2.05, 4.69) is 193 Å². The molecule has 1 aromatic heterocycles. The fraction of sp³-hybridized carbons (Fsp3) is 0. The Morgan fingerprint density at radius 1 is 0.327 bits per heavy atom. The monoisotopic (exact) mass is 663 g/mol. The van der Waals surface area contributed by atoms with E-state index in [9.17, 15) is 0 Å². The molecule has 0 fully saturated rings. The third kappa shape index (κ3) is 5.21. The zero-order valence-corrected chi connectivity index (χ0v) is 28.4. The minimum atomic E-state index is 0.869. The predicted octanol–water partition coefficient (Wildman–Crippen LogP) is 14.4. The highest BCUT2D eigenvalue weighted by atomic mass is 16.3. The van der Waals surface area contributed by atoms with Gasteiger partial charge in [0.15, 0.2) is 0 Å². The first-order valence-corrected chi connectivity index (χ1v) is 17.8. The molecule has 0 aliphatic heterocycles. The minimum absolute atomic E-state index is 0.869. The van der Waals surface area contributed by atoms with Gasteiger partial charge in [0, 0.05) is 16.6 Å². The van der Waals surface area contributed by atoms with E-state index in [-0.39, 0.29) is 0 Å². The van der Waals surface area contributed by atoms with Crippen molar-refractivity contribution in [3.8, 4) is 33.4 Å². The highest BCUT2D eigenvalue weighted by Crippen LogP contribution is 2.46. The molecule has 0 saturated heterocycles. The van der Waals surface area contributed by atoms with Crippen LogP contribution < -0.4 is 4.90 Å². The van der Waals surface area contributed by atoms with Crippen LogP contribution in [0.5, 0.6) is 0 Å². The number of para-hydroxylation sites is 2. The number of anilines is 3. The van der Waals surface area contributed by atoms with Gasteiger partial charge in [-0.2, -0.15) is 0 Å². The summed E-state index contributed by atoms with van der Waals surface area (Å²) >= 11 is 0. The van der Waals surface area contributed by atoms with Gasteiger partial charge in [0.1, 0.15) is 11.2 Å². The molecule has 10 aromatic rings. The summed E-state index contributed by atoms with van der Waals surface area (Å²) in [5.74, 6) is 0. The van der Waals surface area contributed by atoms with Crippen LogP contribution in [0.15, 0.2) is 205 Å². The number of fused-ring (bicyclic) bond motifs is 5. The van der Waals surface area contributed by atoms with Gasteiger partial charge in [0.05, 0.1) is 16.8 Å². The summed E-state index contributed by atoms with van der Waals surface area (Å²) in [6, 6.07) is 71.8. The van der Waals surface area contributed by atoms with E-state index in [1.54, 1.807) is 0 Å². The Hall–Kier alpha value is -6.90. The van der Waals surface area contributed by atoms with Crippen LogP contribution in [0.3, 0.4) is 0 Å². The van der Waals surface area contributed by atoms with Crippen molar-refractivity contribution >= 4 is 60.5 Å². The summed E-state index contributed by atoms with van der Waals surface area (Å²) in [6.45, 7) is 0. The first-order valence-electron chi connectivity index (χ1n) is 17.8. The third-order valence-electron chi connectivity index (χ3n) is 10.2. The largest absolute Gasteiger partial charge is 0.456 e. The van der Waals surface area contributed by atoms with Crippen LogP contribution >= 0.6 is 0 Å². The topological polar surface area (TPSA) is 16.4 Å². The van der Waals surface area contributed by atoms with Crippen LogP contribution in [-0.2, 0) is 0 Å². The summed E-state index contributed by atoms with van der Waals surface area (Å²) in [6.07, 6.45) is 0. The summed E-state index contributed by atoms with van der Waals surface area (Å²) in [5.41, 5.74) is 12.1. The van der Waals surface area contributed by atoms with Gasteiger partial charge in [-0.15, -0.1) is 0 Å². The maximum Gasteiger partial charge on any atom is 0.137 e. The Bertz CT molecular complexity index is 2920. The normalized spacial score (nSPS) is 11.5. The molecule has 0 N–H and O–H groups in total. The average Bonchev–Trinajstić information content (AvgIpc) is 3.60. The third-order valence-corrected chi connectivity index (χ3v) is 10.2. The zero-order valence-electron chi connectivity index (χ0n) is 28.4. The van der Waals surface area contributed by atoms with Gasteiger partial charge in [-0.05, 0) is 104 Å². The highest BCUT2D eigenvalue weighted by Gasteiger charge is 2.22. The van der Waals surface area contributed by atoms with Crippen LogP contribution in [0.25, 0.3) is 76.9 Å². The molecule has 0 spiro atoms. The summed E-state index contributed by atoms with van der Waals surface area (Å²) < 4.78 is 6.40. The molecule has 0 bridgehead atoms. The molecule has 1 heterocycles. The van der Waals surface area contributed by atoms with Crippen molar-refractivity contribution in [2.45, 2.75) is 0 Å². The molecule has 2 heteroatoms. The second kappa shape index (κ2) is 12.5. The lowest BCUT2D eigenvalue weighted by molar-refractivity contribution is 0.669. The summed E-state index contributed by atoms with van der Waals surface area (Å²) in [4.78, 5) is 2.40. The fourth-order valence-corrected chi connectivity index (χ4v) is 7.68. The van der Waals surface area contributed by atoms with Crippen molar-refractivity contribution in [1.82, 2.24) is 0 Å². The van der Waals surface area contributed by atoms with Crippen LogP contribution in [0.2, 0.25) is 0 Å². The first-order chi connectivity index (χ1) is 25.8. The fourth-order valence-electron chi connectivity index (χ4n) is 7.68. The molecule has 0 saturated carbocycles. The summed E-state index contributed by atoms with van der Waals surface area (Å²) in [5, 5.41) is 7.15. The molecule has 0 aliphatic carbocycles. The smallest absolute Gasteiger partial charge is 0.137 e. The second-order valence-electron chi connectivity index (χ2n) is 13.4. The second-order valence-corrected chi connectivity index (χ2v) is 13.4. The van der Waals surface area contributed by atoms with E-state index in [1.165, 1.54) is 43.8 Å². The summed E-state index contributed by atoms with van der Waals surface area (Å²) in [7, 11) is 0. The molecule has 0 atom stereocenters. The standard InChI is InChI=1S/C50H33NO/c1-2-13-36(14-3-1)44-18-6-8-20-46(44)51(47-21-11-23-49-50(47)45-19-7-9-22-48(45)52-49)43-17-10-16-38(33-43)40-28-25-35-26-29-41(32-42(35)31-40)39-27-24-34-12-4-5-15-37(34)30-39/h1-33H. The van der Waals surface area contributed by atoms with E-state index >= 15 is 0 Å². The maximum absolute atomic E-state index is 6.40. The number of hydrogen-bond acceptors (Lipinski definition) is 2. The molecule has 0 amide bonds. The van der Waals surface area contributed by atoms with E-state index in [0.29, 0.717) is 0 Å². The van der Waals surface area contributed by atoms with Crippen LogP contribution in [0.1, 0.15) is 0 Å². The van der Waals surface area contributed by atoms with E-state index in [4.69, 9.17) is 4.42 Å². The van der Waals surface area contributed by atoms with Gasteiger partial charge < -0.3 is 9.32 Å². The Kier molecular flexibility index (Phi) is 7.18. The Morgan fingerprint density at radius 2 is 0.885 bits per heavy atom. The van der Waals surface area contributed by atoms with Crippen molar-refractivity contribution in [3.05, 3.63) is 200 Å². The van der Waals surface area contributed by atoms with Gasteiger partial charge in [-0.3, -0.25) is 0 Å². The van der Waals surface area contributed by atoms with Gasteiger partial charge in [0.25, 0.3) is 0 Å². The van der Waals surface area contributed by atoms with Gasteiger partial charge >= 0.3 is 0 Å². The molecular formula is C50H33NO. The van der Waals surface area contributed by atoms with Crippen molar-refractivity contribution in [1.29, 1.82) is 0 Å². The first kappa shape index (κ1) is 30.0. The van der Waals surface area contributed by atoms with Gasteiger partial charge in [0.2, 0.25) is 0 Å². The van der Waals surface area contributed by atoms with Crippen molar-refractivity contribution in [2.75, 3.05) is 4.90 Å². The highest BCUT2D eigenvalue weighted by molar-refractivity contribution is 6.14. The van der Waals surface area contributed by atoms with Crippen LogP contribution in [0.4, 0.5) is 17.1 Å². The van der Waals surface area contributed by atoms with Crippen molar-refractivity contribution in [2.24, 2.45) is 0 Å². The molecule has 0 unspecified atom stereocenters. The lowest BCUT2D eigenvalue weighted by atomic mass is 9.96. The van der Waals surface area contributed by atoms with Crippen molar-refractivity contribution < 1.29 is 4.42 Å². The van der Waals surface area contributed by atoms with Gasteiger partial charge in [-0.25, -0.2) is 0 Å². The Morgan fingerprint density at radius 3 is 1.69 bits per heavy atom. The molecular weight excluding hydrogens is 631 g/mol. The Labute approximate surface area is 302 Å². The SMILES string of the molecule is c1ccc(-c2ccccc2N(c2cccc(-c3ccc4ccc(-c5ccc6ccccc6c5)cc4c3)c2)c2cccc3oc4ccccc4c23)cc1. The van der Waals surface area contributed by atoms with Crippen LogP contribution in [0, 0.1) is 0 Å². The lowest BCUT2D eigenvalue weighted by Gasteiger charge is -2.29. The van der Waals surface area contributed by atoms with E-state index in [0.717, 1.165) is 50.1 Å². The van der Waals surface area contributed by atoms with Crippen molar-refractivity contribution in [3.63, 3.8) is 0 Å². The van der Waals surface area contributed by atoms with Crippen LogP contribution in [-0.4, -0.2) is 0 Å². The maximum atomic E-state index is 6.40.